The predicted octanol–water partition coefficient (Wildman–Crippen LogP) is 4.51. The van der Waals surface area contributed by atoms with Crippen LogP contribution in [0.25, 0.3) is 0 Å². The molecule has 0 atom stereocenters. The number of aromatic nitrogens is 1. The Labute approximate surface area is 122 Å². The molecule has 1 heterocycles. The lowest BCUT2D eigenvalue weighted by Gasteiger charge is -2.08. The molecular weight excluding hydrogens is 336 g/mol. The Hall–Kier alpha value is -1.66. The van der Waals surface area contributed by atoms with Crippen LogP contribution in [0.15, 0.2) is 34.9 Å². The van der Waals surface area contributed by atoms with Crippen molar-refractivity contribution in [3.63, 3.8) is 0 Å². The Kier molecular flexibility index (Phi) is 4.01. The van der Waals surface area contributed by atoms with Crippen LogP contribution < -0.4 is 4.74 Å². The van der Waals surface area contributed by atoms with E-state index in [4.69, 9.17) is 16.3 Å². The minimum atomic E-state index is -0.543. The largest absolute Gasteiger partial charge is 0.433 e. The number of nitro groups is 1. The molecule has 0 aliphatic rings. The molecule has 19 heavy (non-hydrogen) atoms. The monoisotopic (exact) mass is 342 g/mol. The van der Waals surface area contributed by atoms with Gasteiger partial charge in [0.1, 0.15) is 5.75 Å². The number of hydrogen-bond acceptors (Lipinski definition) is 4. The van der Waals surface area contributed by atoms with Gasteiger partial charge in [-0.05, 0) is 46.6 Å². The van der Waals surface area contributed by atoms with Crippen LogP contribution in [0, 0.1) is 17.0 Å². The van der Waals surface area contributed by atoms with Gasteiger partial charge in [0.2, 0.25) is 0 Å². The minimum absolute atomic E-state index is 0.0568. The zero-order valence-electron chi connectivity index (χ0n) is 9.76. The van der Waals surface area contributed by atoms with Gasteiger partial charge in [0.15, 0.2) is 0 Å². The van der Waals surface area contributed by atoms with Crippen molar-refractivity contribution in [3.8, 4) is 11.6 Å². The molecule has 0 fully saturated rings. The average Bonchev–Trinajstić information content (AvgIpc) is 2.34. The van der Waals surface area contributed by atoms with Crippen molar-refractivity contribution in [1.82, 2.24) is 4.98 Å². The number of pyridine rings is 1. The Morgan fingerprint density at radius 2 is 2.16 bits per heavy atom. The zero-order valence-corrected chi connectivity index (χ0v) is 12.1. The van der Waals surface area contributed by atoms with Gasteiger partial charge in [-0.3, -0.25) is 10.1 Å². The Morgan fingerprint density at radius 1 is 1.42 bits per heavy atom. The van der Waals surface area contributed by atoms with Gasteiger partial charge in [-0.25, -0.2) is 4.98 Å². The Balaban J connectivity index is 2.40. The van der Waals surface area contributed by atoms with E-state index in [0.717, 1.165) is 5.56 Å². The van der Waals surface area contributed by atoms with Crippen molar-refractivity contribution < 1.29 is 9.66 Å². The van der Waals surface area contributed by atoms with Crippen molar-refractivity contribution in [2.24, 2.45) is 0 Å². The van der Waals surface area contributed by atoms with Gasteiger partial charge < -0.3 is 4.74 Å². The van der Waals surface area contributed by atoms with Crippen molar-refractivity contribution in [1.29, 1.82) is 0 Å². The number of hydrogen-bond donors (Lipinski definition) is 0. The summed E-state index contributed by atoms with van der Waals surface area (Å²) in [7, 11) is 0. The van der Waals surface area contributed by atoms with Gasteiger partial charge in [-0.2, -0.15) is 0 Å². The van der Waals surface area contributed by atoms with Crippen LogP contribution in [-0.2, 0) is 0 Å². The molecule has 1 aromatic carbocycles. The maximum absolute atomic E-state index is 10.9. The van der Waals surface area contributed by atoms with E-state index in [2.05, 4.69) is 20.9 Å². The molecule has 0 saturated heterocycles. The summed E-state index contributed by atoms with van der Waals surface area (Å²) in [5.41, 5.74) is 0.565. The van der Waals surface area contributed by atoms with Gasteiger partial charge in [-0.1, -0.05) is 11.6 Å². The maximum atomic E-state index is 10.9. The molecule has 7 heteroatoms. The van der Waals surface area contributed by atoms with Gasteiger partial charge in [0.05, 0.1) is 4.92 Å². The topological polar surface area (TPSA) is 65.3 Å². The van der Waals surface area contributed by atoms with Crippen molar-refractivity contribution in [2.45, 2.75) is 6.92 Å². The summed E-state index contributed by atoms with van der Waals surface area (Å²) in [6.07, 6.45) is 1.44. The summed E-state index contributed by atoms with van der Waals surface area (Å²) in [5.74, 6) is 0.418. The molecule has 0 unspecified atom stereocenters. The normalized spacial score (nSPS) is 10.3. The second kappa shape index (κ2) is 5.54. The van der Waals surface area contributed by atoms with Crippen molar-refractivity contribution >= 4 is 33.2 Å². The smallest absolute Gasteiger partial charge is 0.332 e. The van der Waals surface area contributed by atoms with E-state index >= 15 is 0 Å². The fourth-order valence-electron chi connectivity index (χ4n) is 1.46. The molecule has 0 aliphatic heterocycles. The SMILES string of the molecule is Cc1cc(Cl)ccc1Oc1ncc(Br)cc1[N+](=O)[O-]. The van der Waals surface area contributed by atoms with Crippen LogP contribution in [0.5, 0.6) is 11.6 Å². The third-order valence-corrected chi connectivity index (χ3v) is 3.01. The van der Waals surface area contributed by atoms with E-state index in [9.17, 15) is 10.1 Å². The first-order valence-electron chi connectivity index (χ1n) is 5.21. The molecule has 0 amide bonds. The van der Waals surface area contributed by atoms with Gasteiger partial charge in [-0.15, -0.1) is 0 Å². The van der Waals surface area contributed by atoms with Gasteiger partial charge in [0, 0.05) is 21.8 Å². The number of rotatable bonds is 3. The summed E-state index contributed by atoms with van der Waals surface area (Å²) < 4.78 is 5.99. The van der Waals surface area contributed by atoms with E-state index in [1.165, 1.54) is 12.3 Å². The molecule has 0 aliphatic carbocycles. The van der Waals surface area contributed by atoms with E-state index in [0.29, 0.717) is 15.2 Å². The minimum Gasteiger partial charge on any atom is -0.433 e. The molecule has 98 valence electrons. The lowest BCUT2D eigenvalue weighted by atomic mass is 10.2. The van der Waals surface area contributed by atoms with Crippen LogP contribution in [-0.4, -0.2) is 9.91 Å². The molecule has 0 N–H and O–H groups in total. The molecular formula is C12H8BrClN2O3. The molecule has 0 saturated carbocycles. The number of nitrogens with zero attached hydrogens (tertiary/aromatic N) is 2. The molecule has 0 bridgehead atoms. The van der Waals surface area contributed by atoms with E-state index in [-0.39, 0.29) is 11.6 Å². The predicted molar refractivity (Wildman–Crippen MR) is 74.9 cm³/mol. The highest BCUT2D eigenvalue weighted by Crippen LogP contribution is 2.33. The van der Waals surface area contributed by atoms with E-state index in [1.54, 1.807) is 25.1 Å². The van der Waals surface area contributed by atoms with Crippen LogP contribution in [0.1, 0.15) is 5.56 Å². The molecule has 2 rings (SSSR count). The number of benzene rings is 1. The first-order valence-corrected chi connectivity index (χ1v) is 6.38. The maximum Gasteiger partial charge on any atom is 0.332 e. The molecule has 0 spiro atoms. The summed E-state index contributed by atoms with van der Waals surface area (Å²) >= 11 is 8.97. The Morgan fingerprint density at radius 3 is 2.79 bits per heavy atom. The lowest BCUT2D eigenvalue weighted by Crippen LogP contribution is -1.97. The highest BCUT2D eigenvalue weighted by molar-refractivity contribution is 9.10. The second-order valence-corrected chi connectivity index (χ2v) is 5.10. The van der Waals surface area contributed by atoms with Gasteiger partial charge >= 0.3 is 5.69 Å². The first kappa shape index (κ1) is 13.8. The first-order chi connectivity index (χ1) is 8.97. The zero-order chi connectivity index (χ0) is 14.0. The highest BCUT2D eigenvalue weighted by Gasteiger charge is 2.18. The molecule has 0 radical (unpaired) electrons. The van der Waals surface area contributed by atoms with Crippen molar-refractivity contribution in [3.05, 3.63) is 55.6 Å². The molecule has 2 aromatic rings. The lowest BCUT2D eigenvalue weighted by molar-refractivity contribution is -0.386. The van der Waals surface area contributed by atoms with Gasteiger partial charge in [0.25, 0.3) is 5.88 Å². The van der Waals surface area contributed by atoms with Crippen LogP contribution in [0.2, 0.25) is 5.02 Å². The highest BCUT2D eigenvalue weighted by atomic mass is 79.9. The third kappa shape index (κ3) is 3.21. The standard InChI is InChI=1S/C12H8BrClN2O3/c1-7-4-9(14)2-3-11(7)19-12-10(16(17)18)5-8(13)6-15-12/h2-6H,1H3. The summed E-state index contributed by atoms with van der Waals surface area (Å²) in [6, 6.07) is 6.34. The van der Waals surface area contributed by atoms with E-state index < -0.39 is 4.92 Å². The van der Waals surface area contributed by atoms with Crippen LogP contribution >= 0.6 is 27.5 Å². The summed E-state index contributed by atoms with van der Waals surface area (Å²) in [6.45, 7) is 1.80. The van der Waals surface area contributed by atoms with Crippen LogP contribution in [0.3, 0.4) is 0 Å². The van der Waals surface area contributed by atoms with Crippen LogP contribution in [0.4, 0.5) is 5.69 Å². The molecule has 1 aromatic heterocycles. The van der Waals surface area contributed by atoms with E-state index in [1.807, 2.05) is 0 Å². The number of halogens is 2. The summed E-state index contributed by atoms with van der Waals surface area (Å²) in [5, 5.41) is 11.5. The average molecular weight is 344 g/mol. The van der Waals surface area contributed by atoms with Crippen molar-refractivity contribution in [2.75, 3.05) is 0 Å². The molecule has 5 nitrogen and oxygen atoms in total. The summed E-state index contributed by atoms with van der Waals surface area (Å²) in [4.78, 5) is 14.3. The fraction of sp³-hybridized carbons (Fsp3) is 0.0833. The number of ether oxygens (including phenoxy) is 1. The number of aryl methyl sites for hydroxylation is 1. The quantitative estimate of drug-likeness (QED) is 0.607. The second-order valence-electron chi connectivity index (χ2n) is 3.75. The fourth-order valence-corrected chi connectivity index (χ4v) is 2.00. The third-order valence-electron chi connectivity index (χ3n) is 2.34. The Bertz CT molecular complexity index is 649.